The Hall–Kier alpha value is -3.39. The molecule has 1 aliphatic rings. The summed E-state index contributed by atoms with van der Waals surface area (Å²) in [4.78, 5) is 16.0. The highest BCUT2D eigenvalue weighted by molar-refractivity contribution is 6.09. The number of nitrogens with zero attached hydrogens (tertiary/aromatic N) is 2. The van der Waals surface area contributed by atoms with E-state index in [1.807, 2.05) is 66.7 Å². The fourth-order valence-corrected chi connectivity index (χ4v) is 2.51. The van der Waals surface area contributed by atoms with E-state index < -0.39 is 5.91 Å². The smallest absolute Gasteiger partial charge is 0.270 e. The molecule has 1 amide bonds. The standard InChI is InChI=1S/C18H14N4O/c19-11-14-17(18(20)23)22-16(13-9-5-2-6-10-13)15(21-14)12-7-3-1-4-8-12/h1-10,15,21H,(H2,20,23)/t15-/m1/s1. The van der Waals surface area contributed by atoms with E-state index in [0.29, 0.717) is 5.71 Å². The maximum Gasteiger partial charge on any atom is 0.270 e. The molecule has 1 atom stereocenters. The van der Waals surface area contributed by atoms with Crippen molar-refractivity contribution >= 4 is 11.6 Å². The van der Waals surface area contributed by atoms with Crippen molar-refractivity contribution in [2.24, 2.45) is 10.7 Å². The van der Waals surface area contributed by atoms with Gasteiger partial charge in [-0.25, -0.2) is 4.99 Å². The first-order valence-corrected chi connectivity index (χ1v) is 7.10. The molecule has 0 saturated heterocycles. The summed E-state index contributed by atoms with van der Waals surface area (Å²) >= 11 is 0. The SMILES string of the molecule is N#CC1=C(C(N)=O)N=C(c2ccccc2)[C@@H](c2ccccc2)N1. The highest BCUT2D eigenvalue weighted by Crippen LogP contribution is 2.26. The number of carbonyl (C=O) groups excluding carboxylic acids is 1. The predicted molar refractivity (Wildman–Crippen MR) is 87.1 cm³/mol. The molecule has 0 bridgehead atoms. The number of aliphatic imine (C=N–C) groups is 1. The highest BCUT2D eigenvalue weighted by Gasteiger charge is 2.28. The Labute approximate surface area is 133 Å². The van der Waals surface area contributed by atoms with Gasteiger partial charge in [0, 0.05) is 0 Å². The number of carbonyl (C=O) groups is 1. The maximum atomic E-state index is 11.6. The minimum atomic E-state index is -0.728. The number of nitrogens with two attached hydrogens (primary N) is 1. The number of hydrogen-bond donors (Lipinski definition) is 2. The van der Waals surface area contributed by atoms with Crippen molar-refractivity contribution in [2.45, 2.75) is 6.04 Å². The molecular weight excluding hydrogens is 288 g/mol. The van der Waals surface area contributed by atoms with Gasteiger partial charge in [-0.3, -0.25) is 4.79 Å². The van der Waals surface area contributed by atoms with Crippen LogP contribution in [0.2, 0.25) is 0 Å². The van der Waals surface area contributed by atoms with E-state index in [9.17, 15) is 10.1 Å². The average molecular weight is 302 g/mol. The fraction of sp³-hybridized carbons (Fsp3) is 0.0556. The van der Waals surface area contributed by atoms with Crippen LogP contribution >= 0.6 is 0 Å². The van der Waals surface area contributed by atoms with Gasteiger partial charge in [-0.15, -0.1) is 0 Å². The largest absolute Gasteiger partial charge is 0.364 e. The molecular formula is C18H14N4O. The predicted octanol–water partition coefficient (Wildman–Crippen LogP) is 2.04. The first-order chi connectivity index (χ1) is 11.2. The molecule has 0 aliphatic carbocycles. The molecule has 0 fully saturated rings. The van der Waals surface area contributed by atoms with Crippen molar-refractivity contribution < 1.29 is 4.79 Å². The fourth-order valence-electron chi connectivity index (χ4n) is 2.51. The summed E-state index contributed by atoms with van der Waals surface area (Å²) < 4.78 is 0. The van der Waals surface area contributed by atoms with E-state index in [1.165, 1.54) is 0 Å². The number of benzene rings is 2. The van der Waals surface area contributed by atoms with Gasteiger partial charge in [-0.1, -0.05) is 60.7 Å². The zero-order valence-corrected chi connectivity index (χ0v) is 12.2. The van der Waals surface area contributed by atoms with Gasteiger partial charge in [0.05, 0.1) is 11.8 Å². The van der Waals surface area contributed by atoms with Crippen LogP contribution in [0.1, 0.15) is 17.2 Å². The van der Waals surface area contributed by atoms with Crippen molar-refractivity contribution in [3.05, 3.63) is 83.2 Å². The summed E-state index contributed by atoms with van der Waals surface area (Å²) in [5, 5.41) is 12.4. The third kappa shape index (κ3) is 2.83. The molecule has 1 heterocycles. The monoisotopic (exact) mass is 302 g/mol. The Morgan fingerprint density at radius 2 is 1.70 bits per heavy atom. The summed E-state index contributed by atoms with van der Waals surface area (Å²) in [5.41, 5.74) is 7.88. The Morgan fingerprint density at radius 3 is 2.26 bits per heavy atom. The number of primary amides is 1. The molecule has 0 saturated carbocycles. The molecule has 2 aromatic carbocycles. The van der Waals surface area contributed by atoms with Crippen molar-refractivity contribution in [2.75, 3.05) is 0 Å². The molecule has 2 aromatic rings. The number of nitriles is 1. The molecule has 23 heavy (non-hydrogen) atoms. The van der Waals surface area contributed by atoms with Gasteiger partial charge in [0.2, 0.25) is 0 Å². The minimum absolute atomic E-state index is 0.0430. The van der Waals surface area contributed by atoms with Crippen molar-refractivity contribution in [3.8, 4) is 6.07 Å². The lowest BCUT2D eigenvalue weighted by atomic mass is 9.94. The van der Waals surface area contributed by atoms with Gasteiger partial charge in [0.15, 0.2) is 5.70 Å². The van der Waals surface area contributed by atoms with Gasteiger partial charge < -0.3 is 11.1 Å². The second-order valence-electron chi connectivity index (χ2n) is 5.05. The van der Waals surface area contributed by atoms with Crippen LogP contribution in [0.15, 0.2) is 77.1 Å². The summed E-state index contributed by atoms with van der Waals surface area (Å²) in [6.45, 7) is 0. The first-order valence-electron chi connectivity index (χ1n) is 7.10. The second-order valence-corrected chi connectivity index (χ2v) is 5.05. The van der Waals surface area contributed by atoms with E-state index in [-0.39, 0.29) is 17.4 Å². The number of allylic oxidation sites excluding steroid dienone is 1. The van der Waals surface area contributed by atoms with Crippen LogP contribution in [0.5, 0.6) is 0 Å². The number of nitrogens with one attached hydrogen (secondary N) is 1. The van der Waals surface area contributed by atoms with Crippen LogP contribution in [0.3, 0.4) is 0 Å². The minimum Gasteiger partial charge on any atom is -0.364 e. The zero-order chi connectivity index (χ0) is 16.2. The van der Waals surface area contributed by atoms with Crippen LogP contribution in [0, 0.1) is 11.3 Å². The van der Waals surface area contributed by atoms with Crippen LogP contribution in [0.25, 0.3) is 0 Å². The molecule has 0 aromatic heterocycles. The van der Waals surface area contributed by atoms with Gasteiger partial charge >= 0.3 is 0 Å². The van der Waals surface area contributed by atoms with E-state index in [1.54, 1.807) is 0 Å². The lowest BCUT2D eigenvalue weighted by Gasteiger charge is -2.26. The number of hydrogen-bond acceptors (Lipinski definition) is 4. The van der Waals surface area contributed by atoms with E-state index in [0.717, 1.165) is 11.1 Å². The molecule has 0 spiro atoms. The molecule has 5 heteroatoms. The Balaban J connectivity index is 2.17. The average Bonchev–Trinajstić information content (AvgIpc) is 2.62. The molecule has 1 aliphatic heterocycles. The molecule has 0 unspecified atom stereocenters. The molecule has 3 rings (SSSR count). The quantitative estimate of drug-likeness (QED) is 0.909. The summed E-state index contributed by atoms with van der Waals surface area (Å²) in [6, 6.07) is 20.8. The summed E-state index contributed by atoms with van der Waals surface area (Å²) in [7, 11) is 0. The van der Waals surface area contributed by atoms with Gasteiger partial charge in [0.25, 0.3) is 5.91 Å². The molecule has 3 N–H and O–H groups in total. The molecule has 0 radical (unpaired) electrons. The summed E-state index contributed by atoms with van der Waals surface area (Å²) in [6.07, 6.45) is 0. The lowest BCUT2D eigenvalue weighted by molar-refractivity contribution is -0.114. The number of rotatable bonds is 3. The molecule has 5 nitrogen and oxygen atoms in total. The van der Waals surface area contributed by atoms with Crippen molar-refractivity contribution in [1.82, 2.24) is 5.32 Å². The Morgan fingerprint density at radius 1 is 1.09 bits per heavy atom. The van der Waals surface area contributed by atoms with Gasteiger partial charge in [0.1, 0.15) is 11.8 Å². The third-order valence-corrected chi connectivity index (χ3v) is 3.58. The third-order valence-electron chi connectivity index (χ3n) is 3.58. The topological polar surface area (TPSA) is 91.3 Å². The highest BCUT2D eigenvalue weighted by atomic mass is 16.1. The Bertz CT molecular complexity index is 832. The van der Waals surface area contributed by atoms with Crippen LogP contribution in [0.4, 0.5) is 0 Å². The zero-order valence-electron chi connectivity index (χ0n) is 12.2. The maximum absolute atomic E-state index is 11.6. The van der Waals surface area contributed by atoms with E-state index in [2.05, 4.69) is 10.3 Å². The first kappa shape index (κ1) is 14.5. The van der Waals surface area contributed by atoms with E-state index in [4.69, 9.17) is 5.73 Å². The second kappa shape index (κ2) is 6.16. The van der Waals surface area contributed by atoms with Crippen LogP contribution < -0.4 is 11.1 Å². The normalized spacial score (nSPS) is 17.0. The summed E-state index contributed by atoms with van der Waals surface area (Å²) in [5.74, 6) is -0.728. The Kier molecular flexibility index (Phi) is 3.89. The van der Waals surface area contributed by atoms with Gasteiger partial charge in [-0.05, 0) is 11.1 Å². The van der Waals surface area contributed by atoms with Crippen LogP contribution in [-0.2, 0) is 4.79 Å². The van der Waals surface area contributed by atoms with Crippen LogP contribution in [-0.4, -0.2) is 11.6 Å². The van der Waals surface area contributed by atoms with Gasteiger partial charge in [-0.2, -0.15) is 5.26 Å². The van der Waals surface area contributed by atoms with Crippen molar-refractivity contribution in [1.29, 1.82) is 5.26 Å². The van der Waals surface area contributed by atoms with E-state index >= 15 is 0 Å². The lowest BCUT2D eigenvalue weighted by Crippen LogP contribution is -2.35. The van der Waals surface area contributed by atoms with Crippen molar-refractivity contribution in [3.63, 3.8) is 0 Å². The molecule has 112 valence electrons. The number of amides is 1.